The van der Waals surface area contributed by atoms with Crippen molar-refractivity contribution in [2.45, 2.75) is 32.0 Å². The molecule has 0 bridgehead atoms. The monoisotopic (exact) mass is 383 g/mol. The minimum atomic E-state index is -0.783. The van der Waals surface area contributed by atoms with E-state index >= 15 is 0 Å². The molecule has 2 heterocycles. The van der Waals surface area contributed by atoms with Crippen LogP contribution in [0, 0.1) is 12.7 Å². The van der Waals surface area contributed by atoms with Crippen LogP contribution in [0.15, 0.2) is 52.9 Å². The van der Waals surface area contributed by atoms with Crippen molar-refractivity contribution < 1.29 is 23.4 Å². The molecule has 0 spiro atoms. The van der Waals surface area contributed by atoms with E-state index in [0.717, 1.165) is 10.9 Å². The lowest BCUT2D eigenvalue weighted by Crippen LogP contribution is -2.32. The Labute approximate surface area is 162 Å². The molecule has 4 rings (SSSR count). The second-order valence-electron chi connectivity index (χ2n) is 7.08. The summed E-state index contributed by atoms with van der Waals surface area (Å²) in [5.74, 6) is -0.235. The zero-order valence-corrected chi connectivity index (χ0v) is 15.6. The highest BCUT2D eigenvalue weighted by molar-refractivity contribution is 5.98. The van der Waals surface area contributed by atoms with Gasteiger partial charge >= 0.3 is 0 Å². The molecule has 0 unspecified atom stereocenters. The fourth-order valence-electron chi connectivity index (χ4n) is 3.63. The molecule has 1 amide bonds. The number of aliphatic hydroxyl groups excluding tert-OH is 1. The molecule has 0 aliphatic carbocycles. The minimum absolute atomic E-state index is 0.111. The number of benzene rings is 2. The molecule has 1 fully saturated rings. The van der Waals surface area contributed by atoms with Gasteiger partial charge in [0.05, 0.1) is 6.10 Å². The number of halogens is 1. The van der Waals surface area contributed by atoms with E-state index in [1.807, 2.05) is 31.2 Å². The number of carbonyl (C=O) groups excluding carboxylic acids is 1. The molecule has 1 aromatic heterocycles. The van der Waals surface area contributed by atoms with Crippen molar-refractivity contribution >= 4 is 16.9 Å². The Morgan fingerprint density at radius 3 is 2.64 bits per heavy atom. The van der Waals surface area contributed by atoms with Gasteiger partial charge in [-0.25, -0.2) is 4.39 Å². The molecular formula is C22H22FNO4. The van der Waals surface area contributed by atoms with Gasteiger partial charge < -0.3 is 19.2 Å². The number of hydrogen-bond acceptors (Lipinski definition) is 4. The number of hydrogen-bond donors (Lipinski definition) is 1. The third-order valence-corrected chi connectivity index (χ3v) is 5.25. The Kier molecular flexibility index (Phi) is 5.05. The minimum Gasteiger partial charge on any atom is -0.485 e. The summed E-state index contributed by atoms with van der Waals surface area (Å²) < 4.78 is 25.3. The normalized spacial score (nSPS) is 20.2. The van der Waals surface area contributed by atoms with Gasteiger partial charge in [-0.2, -0.15) is 0 Å². The number of likely N-dealkylation sites (tertiary alicyclic amines) is 1. The van der Waals surface area contributed by atoms with E-state index < -0.39 is 18.0 Å². The first-order valence-electron chi connectivity index (χ1n) is 9.41. The van der Waals surface area contributed by atoms with Gasteiger partial charge in [-0.3, -0.25) is 4.79 Å². The Balaban J connectivity index is 1.50. The molecule has 1 aliphatic heterocycles. The number of amides is 1. The van der Waals surface area contributed by atoms with Crippen molar-refractivity contribution in [1.29, 1.82) is 0 Å². The number of carbonyl (C=O) groups is 1. The highest BCUT2D eigenvalue weighted by Gasteiger charge is 2.31. The lowest BCUT2D eigenvalue weighted by Gasteiger charge is -2.22. The predicted molar refractivity (Wildman–Crippen MR) is 103 cm³/mol. The van der Waals surface area contributed by atoms with E-state index in [1.54, 1.807) is 17.0 Å². The van der Waals surface area contributed by atoms with E-state index in [1.165, 1.54) is 12.1 Å². The first kappa shape index (κ1) is 18.5. The molecule has 1 aliphatic rings. The number of para-hydroxylation sites is 2. The van der Waals surface area contributed by atoms with Crippen molar-refractivity contribution in [1.82, 2.24) is 4.90 Å². The zero-order chi connectivity index (χ0) is 19.7. The number of nitrogens with zero attached hydrogens (tertiary/aromatic N) is 1. The van der Waals surface area contributed by atoms with Gasteiger partial charge in [-0.1, -0.05) is 30.3 Å². The molecule has 3 aromatic rings. The fourth-order valence-corrected chi connectivity index (χ4v) is 3.63. The number of rotatable bonds is 3. The average Bonchev–Trinajstić information content (AvgIpc) is 2.93. The van der Waals surface area contributed by atoms with Crippen LogP contribution in [0.1, 0.15) is 29.0 Å². The van der Waals surface area contributed by atoms with Crippen LogP contribution in [0.3, 0.4) is 0 Å². The number of aliphatic hydroxyl groups is 1. The Morgan fingerprint density at radius 1 is 1.14 bits per heavy atom. The summed E-state index contributed by atoms with van der Waals surface area (Å²) in [5.41, 5.74) is 1.49. The quantitative estimate of drug-likeness (QED) is 0.745. The van der Waals surface area contributed by atoms with E-state index in [2.05, 4.69) is 0 Å². The summed E-state index contributed by atoms with van der Waals surface area (Å²) in [6.45, 7) is 2.65. The van der Waals surface area contributed by atoms with Crippen LogP contribution in [0.25, 0.3) is 11.0 Å². The maximum atomic E-state index is 13.9. The van der Waals surface area contributed by atoms with E-state index in [4.69, 9.17) is 9.15 Å². The number of ether oxygens (including phenoxy) is 1. The van der Waals surface area contributed by atoms with Crippen molar-refractivity contribution in [3.63, 3.8) is 0 Å². The largest absolute Gasteiger partial charge is 0.485 e. The molecule has 28 heavy (non-hydrogen) atoms. The van der Waals surface area contributed by atoms with Crippen LogP contribution in [0.4, 0.5) is 4.39 Å². The second-order valence-corrected chi connectivity index (χ2v) is 7.08. The number of fused-ring (bicyclic) bond motifs is 1. The van der Waals surface area contributed by atoms with E-state index in [9.17, 15) is 14.3 Å². The summed E-state index contributed by atoms with van der Waals surface area (Å²) >= 11 is 0. The van der Waals surface area contributed by atoms with Crippen LogP contribution in [0.2, 0.25) is 0 Å². The van der Waals surface area contributed by atoms with Crippen molar-refractivity contribution in [3.8, 4) is 5.75 Å². The summed E-state index contributed by atoms with van der Waals surface area (Å²) in [6, 6.07) is 13.7. The molecule has 146 valence electrons. The molecular weight excluding hydrogens is 361 g/mol. The number of aryl methyl sites for hydroxylation is 1. The summed E-state index contributed by atoms with van der Waals surface area (Å²) in [5, 5.41) is 11.3. The molecule has 2 aromatic carbocycles. The van der Waals surface area contributed by atoms with Gasteiger partial charge in [0.1, 0.15) is 11.7 Å². The van der Waals surface area contributed by atoms with Crippen molar-refractivity contribution in [2.75, 3.05) is 13.1 Å². The van der Waals surface area contributed by atoms with Gasteiger partial charge in [0.2, 0.25) is 0 Å². The lowest BCUT2D eigenvalue weighted by atomic mass is 10.1. The van der Waals surface area contributed by atoms with Gasteiger partial charge in [-0.15, -0.1) is 0 Å². The van der Waals surface area contributed by atoms with Gasteiger partial charge in [-0.05, 0) is 31.5 Å². The first-order chi connectivity index (χ1) is 13.5. The van der Waals surface area contributed by atoms with Crippen LogP contribution in [0.5, 0.6) is 5.75 Å². The molecule has 0 radical (unpaired) electrons. The highest BCUT2D eigenvalue weighted by atomic mass is 19.1. The number of furan rings is 1. The van der Waals surface area contributed by atoms with Gasteiger partial charge in [0, 0.05) is 30.5 Å². The van der Waals surface area contributed by atoms with Gasteiger partial charge in [0.25, 0.3) is 5.91 Å². The Hall–Kier alpha value is -2.86. The molecule has 0 saturated carbocycles. The first-order valence-corrected chi connectivity index (χ1v) is 9.41. The van der Waals surface area contributed by atoms with Crippen LogP contribution in [-0.4, -0.2) is 41.2 Å². The van der Waals surface area contributed by atoms with Crippen LogP contribution >= 0.6 is 0 Å². The molecule has 6 heteroatoms. The Morgan fingerprint density at radius 2 is 1.86 bits per heavy atom. The third-order valence-electron chi connectivity index (χ3n) is 5.25. The standard InChI is InChI=1S/C22H22FNO4/c1-14-15-6-2-4-8-18(15)28-21(14)22(26)24-12-10-17(25)20(11-13-24)27-19-9-5-3-7-16(19)23/h2-9,17,20,25H,10-13H2,1H3/t17-,20-/m0/s1. The Bertz CT molecular complexity index is 999. The highest BCUT2D eigenvalue weighted by Crippen LogP contribution is 2.27. The third kappa shape index (κ3) is 3.47. The predicted octanol–water partition coefficient (Wildman–Crippen LogP) is 3.92. The summed E-state index contributed by atoms with van der Waals surface area (Å²) in [4.78, 5) is 14.7. The lowest BCUT2D eigenvalue weighted by molar-refractivity contribution is 0.0328. The maximum Gasteiger partial charge on any atom is 0.289 e. The molecule has 1 N–H and O–H groups in total. The topological polar surface area (TPSA) is 62.9 Å². The molecule has 5 nitrogen and oxygen atoms in total. The van der Waals surface area contributed by atoms with Crippen molar-refractivity contribution in [3.05, 3.63) is 65.7 Å². The summed E-state index contributed by atoms with van der Waals surface area (Å²) in [6.07, 6.45) is -0.606. The second kappa shape index (κ2) is 7.64. The summed E-state index contributed by atoms with van der Waals surface area (Å²) in [7, 11) is 0. The van der Waals surface area contributed by atoms with Crippen LogP contribution in [-0.2, 0) is 0 Å². The van der Waals surface area contributed by atoms with Gasteiger partial charge in [0.15, 0.2) is 17.3 Å². The average molecular weight is 383 g/mol. The molecule has 2 atom stereocenters. The maximum absolute atomic E-state index is 13.9. The van der Waals surface area contributed by atoms with Crippen molar-refractivity contribution in [2.24, 2.45) is 0 Å². The van der Waals surface area contributed by atoms with E-state index in [0.29, 0.717) is 37.3 Å². The SMILES string of the molecule is Cc1c(C(=O)N2CC[C@H](Oc3ccccc3F)[C@@H](O)CC2)oc2ccccc12. The van der Waals surface area contributed by atoms with Crippen LogP contribution < -0.4 is 4.74 Å². The van der Waals surface area contributed by atoms with E-state index in [-0.39, 0.29) is 11.7 Å². The zero-order valence-electron chi connectivity index (χ0n) is 15.6. The fraction of sp³-hybridized carbons (Fsp3) is 0.318. The molecule has 1 saturated heterocycles. The smallest absolute Gasteiger partial charge is 0.289 e.